The van der Waals surface area contributed by atoms with E-state index in [4.69, 9.17) is 4.74 Å². The van der Waals surface area contributed by atoms with Crippen molar-refractivity contribution in [1.29, 1.82) is 0 Å². The number of anilines is 1. The van der Waals surface area contributed by atoms with Gasteiger partial charge in [-0.1, -0.05) is 24.6 Å². The standard InChI is InChI=1S/C18H21NO4S/c1-4-5-18(20)19(15-8-10-16(23-3)11-9-15)24(21,22)17-12-6-14(2)7-13-17/h6-13H,4-5H2,1-3H3. The van der Waals surface area contributed by atoms with Crippen LogP contribution in [-0.2, 0) is 14.8 Å². The molecule has 0 radical (unpaired) electrons. The summed E-state index contributed by atoms with van der Waals surface area (Å²) in [6.45, 7) is 3.71. The highest BCUT2D eigenvalue weighted by Gasteiger charge is 2.30. The molecule has 0 saturated carbocycles. The van der Waals surface area contributed by atoms with Gasteiger partial charge in [-0.3, -0.25) is 4.79 Å². The summed E-state index contributed by atoms with van der Waals surface area (Å²) in [5.74, 6) is 0.137. The molecule has 0 atom stereocenters. The van der Waals surface area contributed by atoms with Gasteiger partial charge in [0.2, 0.25) is 5.91 Å². The number of aryl methyl sites for hydroxylation is 1. The van der Waals surface area contributed by atoms with Crippen LogP contribution in [0.2, 0.25) is 0 Å². The summed E-state index contributed by atoms with van der Waals surface area (Å²) in [6.07, 6.45) is 0.714. The number of amides is 1. The average Bonchev–Trinajstić information content (AvgIpc) is 2.56. The van der Waals surface area contributed by atoms with E-state index in [0.717, 1.165) is 9.87 Å². The molecule has 0 aromatic heterocycles. The molecule has 2 rings (SSSR count). The molecule has 0 unspecified atom stereocenters. The molecule has 5 nitrogen and oxygen atoms in total. The second-order valence-corrected chi connectivity index (χ2v) is 7.21. The number of benzene rings is 2. The first-order valence-corrected chi connectivity index (χ1v) is 9.13. The maximum atomic E-state index is 13.0. The van der Waals surface area contributed by atoms with Crippen LogP contribution in [0.3, 0.4) is 0 Å². The Morgan fingerprint density at radius 1 is 1.04 bits per heavy atom. The number of methoxy groups -OCH3 is 1. The Morgan fingerprint density at radius 2 is 1.62 bits per heavy atom. The van der Waals surface area contributed by atoms with Crippen LogP contribution >= 0.6 is 0 Å². The van der Waals surface area contributed by atoms with E-state index in [1.165, 1.54) is 19.2 Å². The highest BCUT2D eigenvalue weighted by Crippen LogP contribution is 2.27. The van der Waals surface area contributed by atoms with Crippen molar-refractivity contribution in [2.24, 2.45) is 0 Å². The molecule has 128 valence electrons. The number of sulfonamides is 1. The first kappa shape index (κ1) is 18.0. The second kappa shape index (κ2) is 7.49. The van der Waals surface area contributed by atoms with Crippen LogP contribution in [0.4, 0.5) is 5.69 Å². The molecule has 24 heavy (non-hydrogen) atoms. The fourth-order valence-electron chi connectivity index (χ4n) is 2.27. The van der Waals surface area contributed by atoms with E-state index in [1.807, 2.05) is 13.8 Å². The van der Waals surface area contributed by atoms with Crippen molar-refractivity contribution < 1.29 is 17.9 Å². The van der Waals surface area contributed by atoms with Gasteiger partial charge in [-0.15, -0.1) is 0 Å². The van der Waals surface area contributed by atoms with Gasteiger partial charge in [0.15, 0.2) is 0 Å². The largest absolute Gasteiger partial charge is 0.497 e. The predicted octanol–water partition coefficient (Wildman–Crippen LogP) is 3.53. The summed E-state index contributed by atoms with van der Waals surface area (Å²) in [5, 5.41) is 0. The molecule has 0 N–H and O–H groups in total. The highest BCUT2D eigenvalue weighted by molar-refractivity contribution is 7.93. The minimum absolute atomic E-state index is 0.0911. The maximum Gasteiger partial charge on any atom is 0.270 e. The number of carbonyl (C=O) groups excluding carboxylic acids is 1. The van der Waals surface area contributed by atoms with E-state index in [-0.39, 0.29) is 11.3 Å². The van der Waals surface area contributed by atoms with Crippen LogP contribution in [-0.4, -0.2) is 21.4 Å². The second-order valence-electron chi connectivity index (χ2n) is 5.42. The van der Waals surface area contributed by atoms with Gasteiger partial charge < -0.3 is 4.74 Å². The van der Waals surface area contributed by atoms with E-state index >= 15 is 0 Å². The molecule has 0 fully saturated rings. The van der Waals surface area contributed by atoms with Gasteiger partial charge in [0.1, 0.15) is 5.75 Å². The van der Waals surface area contributed by atoms with Crippen LogP contribution in [0, 0.1) is 6.92 Å². The van der Waals surface area contributed by atoms with Gasteiger partial charge >= 0.3 is 0 Å². The van der Waals surface area contributed by atoms with E-state index < -0.39 is 15.9 Å². The van der Waals surface area contributed by atoms with Crippen molar-refractivity contribution in [3.8, 4) is 5.75 Å². The molecule has 0 spiro atoms. The molecule has 0 aliphatic carbocycles. The maximum absolute atomic E-state index is 13.0. The first-order chi connectivity index (χ1) is 11.4. The van der Waals surface area contributed by atoms with Gasteiger partial charge in [0.05, 0.1) is 17.7 Å². The minimum Gasteiger partial charge on any atom is -0.497 e. The zero-order chi connectivity index (χ0) is 17.7. The topological polar surface area (TPSA) is 63.7 Å². The van der Waals surface area contributed by atoms with E-state index in [1.54, 1.807) is 36.4 Å². The minimum atomic E-state index is -3.97. The van der Waals surface area contributed by atoms with E-state index in [0.29, 0.717) is 17.9 Å². The number of carbonyl (C=O) groups is 1. The number of hydrogen-bond donors (Lipinski definition) is 0. The average molecular weight is 347 g/mol. The van der Waals surface area contributed by atoms with E-state index in [2.05, 4.69) is 0 Å². The molecule has 6 heteroatoms. The summed E-state index contributed by atoms with van der Waals surface area (Å²) in [6, 6.07) is 12.8. The molecule has 0 aliphatic rings. The van der Waals surface area contributed by atoms with Gasteiger partial charge in [-0.25, -0.2) is 12.7 Å². The Hall–Kier alpha value is -2.34. The molecule has 2 aromatic rings. The summed E-state index contributed by atoms with van der Waals surface area (Å²) >= 11 is 0. The molecule has 2 aromatic carbocycles. The molecular weight excluding hydrogens is 326 g/mol. The monoisotopic (exact) mass is 347 g/mol. The Balaban J connectivity index is 2.52. The molecule has 0 saturated heterocycles. The summed E-state index contributed by atoms with van der Waals surface area (Å²) in [4.78, 5) is 12.6. The van der Waals surface area contributed by atoms with Crippen molar-refractivity contribution in [3.05, 3.63) is 54.1 Å². The van der Waals surface area contributed by atoms with Crippen molar-refractivity contribution in [3.63, 3.8) is 0 Å². The van der Waals surface area contributed by atoms with Gasteiger partial charge in [-0.05, 0) is 49.7 Å². The van der Waals surface area contributed by atoms with Crippen LogP contribution in [0.5, 0.6) is 5.75 Å². The summed E-state index contributed by atoms with van der Waals surface area (Å²) in [7, 11) is -2.44. The number of rotatable bonds is 6. The number of hydrogen-bond acceptors (Lipinski definition) is 4. The third kappa shape index (κ3) is 3.76. The number of nitrogens with zero attached hydrogens (tertiary/aromatic N) is 1. The van der Waals surface area contributed by atoms with Crippen molar-refractivity contribution >= 4 is 21.6 Å². The van der Waals surface area contributed by atoms with Crippen molar-refractivity contribution in [2.45, 2.75) is 31.6 Å². The zero-order valence-corrected chi connectivity index (χ0v) is 14.8. The fraction of sp³-hybridized carbons (Fsp3) is 0.278. The lowest BCUT2D eigenvalue weighted by atomic mass is 10.2. The molecule has 0 heterocycles. The Bertz CT molecular complexity index is 796. The molecule has 0 bridgehead atoms. The van der Waals surface area contributed by atoms with Crippen LogP contribution in [0.15, 0.2) is 53.4 Å². The van der Waals surface area contributed by atoms with Crippen LogP contribution < -0.4 is 9.04 Å². The third-order valence-corrected chi connectivity index (χ3v) is 5.32. The Morgan fingerprint density at radius 3 is 2.12 bits per heavy atom. The van der Waals surface area contributed by atoms with E-state index in [9.17, 15) is 13.2 Å². The Kier molecular flexibility index (Phi) is 5.62. The first-order valence-electron chi connectivity index (χ1n) is 7.69. The van der Waals surface area contributed by atoms with Crippen LogP contribution in [0.25, 0.3) is 0 Å². The van der Waals surface area contributed by atoms with Crippen molar-refractivity contribution in [1.82, 2.24) is 0 Å². The Labute approximate surface area is 142 Å². The lowest BCUT2D eigenvalue weighted by Gasteiger charge is -2.23. The third-order valence-electron chi connectivity index (χ3n) is 3.56. The van der Waals surface area contributed by atoms with Gasteiger partial charge in [0.25, 0.3) is 10.0 Å². The lowest BCUT2D eigenvalue weighted by Crippen LogP contribution is -2.36. The SMILES string of the molecule is CCCC(=O)N(c1ccc(OC)cc1)S(=O)(=O)c1ccc(C)cc1. The molecule has 0 aliphatic heterocycles. The van der Waals surface area contributed by atoms with Gasteiger partial charge in [-0.2, -0.15) is 0 Å². The zero-order valence-electron chi connectivity index (χ0n) is 14.0. The molecular formula is C18H21NO4S. The predicted molar refractivity (Wildman–Crippen MR) is 93.8 cm³/mol. The lowest BCUT2D eigenvalue weighted by molar-refractivity contribution is -0.117. The normalized spacial score (nSPS) is 11.1. The molecule has 1 amide bonds. The van der Waals surface area contributed by atoms with Crippen molar-refractivity contribution in [2.75, 3.05) is 11.4 Å². The van der Waals surface area contributed by atoms with Gasteiger partial charge in [0, 0.05) is 6.42 Å². The quantitative estimate of drug-likeness (QED) is 0.802. The highest BCUT2D eigenvalue weighted by atomic mass is 32.2. The number of ether oxygens (including phenoxy) is 1. The summed E-state index contributed by atoms with van der Waals surface area (Å²) in [5.41, 5.74) is 1.25. The smallest absolute Gasteiger partial charge is 0.270 e. The summed E-state index contributed by atoms with van der Waals surface area (Å²) < 4.78 is 31.9. The van der Waals surface area contributed by atoms with Crippen LogP contribution in [0.1, 0.15) is 25.3 Å². The fourth-order valence-corrected chi connectivity index (χ4v) is 3.71.